The first-order valence-electron chi connectivity index (χ1n) is 12.3. The lowest BCUT2D eigenvalue weighted by Gasteiger charge is -2.18. The molecule has 0 bridgehead atoms. The Bertz CT molecular complexity index is 1510. The Kier molecular flexibility index (Phi) is 9.14. The van der Waals surface area contributed by atoms with Crippen LogP contribution in [0, 0.1) is 0 Å². The van der Waals surface area contributed by atoms with Crippen molar-refractivity contribution < 1.29 is 22.4 Å². The minimum absolute atomic E-state index is 0.0469. The fraction of sp³-hybridized carbons (Fsp3) is 0.194. The predicted molar refractivity (Wildman–Crippen MR) is 142 cm³/mol. The van der Waals surface area contributed by atoms with Crippen LogP contribution in [0.15, 0.2) is 91.3 Å². The van der Waals surface area contributed by atoms with Crippen molar-refractivity contribution in [2.24, 2.45) is 0 Å². The fourth-order valence-corrected chi connectivity index (χ4v) is 4.56. The molecule has 3 aromatic carbocycles. The second-order valence-electron chi connectivity index (χ2n) is 8.75. The van der Waals surface area contributed by atoms with Gasteiger partial charge in [0.15, 0.2) is 6.29 Å². The van der Waals surface area contributed by atoms with Crippen molar-refractivity contribution in [1.29, 1.82) is 0 Å². The van der Waals surface area contributed by atoms with Crippen LogP contribution in [0.1, 0.15) is 58.3 Å². The summed E-state index contributed by atoms with van der Waals surface area (Å²) in [6, 6.07) is 22.6. The second kappa shape index (κ2) is 12.9. The Labute approximate surface area is 218 Å². The average Bonchev–Trinajstić information content (AvgIpc) is 2.96. The highest BCUT2D eigenvalue weighted by Gasteiger charge is 2.17. The van der Waals surface area contributed by atoms with Gasteiger partial charge in [-0.2, -0.15) is 0 Å². The van der Waals surface area contributed by atoms with Gasteiger partial charge >= 0.3 is 0 Å². The number of rotatable bonds is 3. The lowest BCUT2D eigenvalue weighted by molar-refractivity contribution is 0.112. The van der Waals surface area contributed by atoms with Crippen molar-refractivity contribution in [3.63, 3.8) is 0 Å². The largest absolute Gasteiger partial charge is 0.298 e. The van der Waals surface area contributed by atoms with E-state index in [0.717, 1.165) is 54.0 Å². The Balaban J connectivity index is 0.000000133. The Morgan fingerprint density at radius 2 is 1.21 bits per heavy atom. The Morgan fingerprint density at radius 1 is 0.632 bits per heavy atom. The minimum Gasteiger partial charge on any atom is -0.298 e. The molecule has 38 heavy (non-hydrogen) atoms. The van der Waals surface area contributed by atoms with Crippen LogP contribution in [0.25, 0.3) is 21.8 Å². The second-order valence-corrected chi connectivity index (χ2v) is 8.75. The molecule has 0 spiro atoms. The molecule has 5 aromatic rings. The number of hydrogen-bond donors (Lipinski definition) is 0. The first-order chi connectivity index (χ1) is 18.5. The highest BCUT2D eigenvalue weighted by Crippen LogP contribution is 2.30. The highest BCUT2D eigenvalue weighted by molar-refractivity contribution is 5.96. The summed E-state index contributed by atoms with van der Waals surface area (Å²) in [4.78, 5) is 18.7. The normalized spacial score (nSPS) is 12.4. The van der Waals surface area contributed by atoms with Gasteiger partial charge in [-0.1, -0.05) is 54.6 Å². The van der Waals surface area contributed by atoms with Crippen LogP contribution < -0.4 is 0 Å². The number of aromatic nitrogens is 2. The van der Waals surface area contributed by atoms with Crippen molar-refractivity contribution in [3.05, 3.63) is 119 Å². The van der Waals surface area contributed by atoms with E-state index in [-0.39, 0.29) is 11.1 Å². The molecule has 1 aliphatic carbocycles. The van der Waals surface area contributed by atoms with Crippen LogP contribution >= 0.6 is 0 Å². The molecule has 2 aromatic heterocycles. The molecule has 0 fully saturated rings. The fourth-order valence-electron chi connectivity index (χ4n) is 4.56. The predicted octanol–water partition coefficient (Wildman–Crippen LogP) is 8.72. The minimum atomic E-state index is -2.44. The molecule has 0 unspecified atom stereocenters. The standard InChI is InChI=1S/C11H12F2.C10H7F2N.C10H7NO/c12-11(13)10-7-3-5-8-4-1-2-6-9(8)10;11-10(12)8-3-1-5-9-7(8)4-2-6-13-9;12-7-8-3-1-5-10-9(8)4-2-6-11-10/h3,5,7,11H,1-2,4,6H2;1-6,10H;1-7H. The van der Waals surface area contributed by atoms with E-state index in [2.05, 4.69) is 9.97 Å². The number of hydrogen-bond acceptors (Lipinski definition) is 3. The van der Waals surface area contributed by atoms with Gasteiger partial charge in [0.2, 0.25) is 0 Å². The summed E-state index contributed by atoms with van der Waals surface area (Å²) in [7, 11) is 0. The van der Waals surface area contributed by atoms with Crippen molar-refractivity contribution in [3.8, 4) is 0 Å². The van der Waals surface area contributed by atoms with Crippen molar-refractivity contribution in [1.82, 2.24) is 9.97 Å². The molecular formula is C31H26F4N2O. The van der Waals surface area contributed by atoms with E-state index in [9.17, 15) is 22.4 Å². The molecule has 6 rings (SSSR count). The number of pyridine rings is 2. The van der Waals surface area contributed by atoms with Gasteiger partial charge in [-0.25, -0.2) is 17.6 Å². The molecule has 0 atom stereocenters. The van der Waals surface area contributed by atoms with Crippen molar-refractivity contribution in [2.75, 3.05) is 0 Å². The van der Waals surface area contributed by atoms with E-state index >= 15 is 0 Å². The zero-order valence-electron chi connectivity index (χ0n) is 20.5. The number of aryl methyl sites for hydroxylation is 1. The number of halogens is 4. The summed E-state index contributed by atoms with van der Waals surface area (Å²) in [6.07, 6.45) is 3.40. The van der Waals surface area contributed by atoms with E-state index in [4.69, 9.17) is 0 Å². The summed E-state index contributed by atoms with van der Waals surface area (Å²) in [5.41, 5.74) is 4.50. The van der Waals surface area contributed by atoms with Crippen molar-refractivity contribution >= 4 is 28.1 Å². The van der Waals surface area contributed by atoms with E-state index in [0.29, 0.717) is 16.5 Å². The lowest BCUT2D eigenvalue weighted by Crippen LogP contribution is -2.06. The molecule has 0 amide bonds. The maximum absolute atomic E-state index is 12.6. The summed E-state index contributed by atoms with van der Waals surface area (Å²) in [5.74, 6) is 0. The molecule has 3 nitrogen and oxygen atoms in total. The molecule has 0 radical (unpaired) electrons. The highest BCUT2D eigenvalue weighted by atomic mass is 19.3. The quantitative estimate of drug-likeness (QED) is 0.177. The van der Waals surface area contributed by atoms with Gasteiger partial charge in [0, 0.05) is 39.9 Å². The number of aldehydes is 1. The average molecular weight is 519 g/mol. The van der Waals surface area contributed by atoms with Crippen LogP contribution in [-0.2, 0) is 12.8 Å². The first kappa shape index (κ1) is 26.9. The van der Waals surface area contributed by atoms with Crippen LogP contribution in [0.2, 0.25) is 0 Å². The Hall–Kier alpha value is -4.13. The third-order valence-electron chi connectivity index (χ3n) is 6.39. The summed E-state index contributed by atoms with van der Waals surface area (Å²) >= 11 is 0. The van der Waals surface area contributed by atoms with Gasteiger partial charge in [-0.15, -0.1) is 0 Å². The topological polar surface area (TPSA) is 42.9 Å². The van der Waals surface area contributed by atoms with E-state index < -0.39 is 12.9 Å². The first-order valence-corrected chi connectivity index (χ1v) is 12.3. The number of carbonyl (C=O) groups excluding carboxylic acids is 1. The summed E-state index contributed by atoms with van der Waals surface area (Å²) in [6.45, 7) is 0. The molecule has 194 valence electrons. The number of nitrogens with zero attached hydrogens (tertiary/aromatic N) is 2. The molecule has 2 heterocycles. The third kappa shape index (κ3) is 6.40. The van der Waals surface area contributed by atoms with Crippen LogP contribution in [0.3, 0.4) is 0 Å². The van der Waals surface area contributed by atoms with E-state index in [1.165, 1.54) is 6.07 Å². The van der Waals surface area contributed by atoms with Crippen LogP contribution in [-0.4, -0.2) is 16.3 Å². The SMILES string of the molecule is FC(F)c1cccc2c1CCCC2.FC(F)c1cccc2ncccc12.O=Cc1cccc2ncccc12. The molecule has 1 aliphatic rings. The molecular weight excluding hydrogens is 492 g/mol. The van der Waals surface area contributed by atoms with Gasteiger partial charge in [-0.05, 0) is 61.1 Å². The smallest absolute Gasteiger partial charge is 0.264 e. The summed E-state index contributed by atoms with van der Waals surface area (Å²) in [5, 5.41) is 1.44. The van der Waals surface area contributed by atoms with Crippen LogP contribution in [0.5, 0.6) is 0 Å². The number of alkyl halides is 4. The number of carbonyl (C=O) groups is 1. The van der Waals surface area contributed by atoms with Gasteiger partial charge in [-0.3, -0.25) is 14.8 Å². The van der Waals surface area contributed by atoms with Crippen LogP contribution in [0.4, 0.5) is 17.6 Å². The maximum Gasteiger partial charge on any atom is 0.264 e. The molecule has 0 aliphatic heterocycles. The van der Waals surface area contributed by atoms with Crippen molar-refractivity contribution in [2.45, 2.75) is 38.5 Å². The Morgan fingerprint density at radius 3 is 1.89 bits per heavy atom. The zero-order chi connectivity index (χ0) is 26.9. The third-order valence-corrected chi connectivity index (χ3v) is 6.39. The molecule has 0 N–H and O–H groups in total. The van der Waals surface area contributed by atoms with Gasteiger partial charge in [0.25, 0.3) is 12.9 Å². The maximum atomic E-state index is 12.6. The van der Waals surface area contributed by atoms with Gasteiger partial charge < -0.3 is 0 Å². The molecule has 7 heteroatoms. The monoisotopic (exact) mass is 518 g/mol. The lowest BCUT2D eigenvalue weighted by atomic mass is 9.88. The van der Waals surface area contributed by atoms with Gasteiger partial charge in [0.1, 0.15) is 0 Å². The number of benzene rings is 3. The van der Waals surface area contributed by atoms with E-state index in [1.807, 2.05) is 30.3 Å². The van der Waals surface area contributed by atoms with E-state index in [1.54, 1.807) is 54.9 Å². The number of fused-ring (bicyclic) bond motifs is 3. The summed E-state index contributed by atoms with van der Waals surface area (Å²) < 4.78 is 50.0. The zero-order valence-corrected chi connectivity index (χ0v) is 20.5. The van der Waals surface area contributed by atoms with Gasteiger partial charge in [0.05, 0.1) is 11.0 Å². The molecule has 0 saturated heterocycles. The molecule has 0 saturated carbocycles.